The third-order valence-corrected chi connectivity index (χ3v) is 3.82. The van der Waals surface area contributed by atoms with E-state index in [0.717, 1.165) is 38.9 Å². The fourth-order valence-electron chi connectivity index (χ4n) is 2.95. The van der Waals surface area contributed by atoms with E-state index >= 15 is 0 Å². The number of aliphatic hydroxyl groups excluding tert-OH is 1. The Balaban J connectivity index is 2.25. The number of hydrogen-bond acceptors (Lipinski definition) is 3. The molecule has 0 spiro atoms. The van der Waals surface area contributed by atoms with Crippen molar-refractivity contribution in [3.05, 3.63) is 0 Å². The normalized spacial score (nSPS) is 23.9. The summed E-state index contributed by atoms with van der Waals surface area (Å²) >= 11 is 0. The van der Waals surface area contributed by atoms with E-state index < -0.39 is 0 Å². The van der Waals surface area contributed by atoms with Gasteiger partial charge in [0.15, 0.2) is 0 Å². The Labute approximate surface area is 117 Å². The van der Waals surface area contributed by atoms with Gasteiger partial charge in [0.1, 0.15) is 0 Å². The number of carbonyl (C=O) groups is 1. The van der Waals surface area contributed by atoms with Crippen molar-refractivity contribution < 1.29 is 9.90 Å². The summed E-state index contributed by atoms with van der Waals surface area (Å²) in [4.78, 5) is 16.4. The molecule has 4 heteroatoms. The lowest BCUT2D eigenvalue weighted by atomic mass is 9.92. The van der Waals surface area contributed by atoms with Crippen LogP contribution in [0.15, 0.2) is 0 Å². The van der Waals surface area contributed by atoms with Crippen molar-refractivity contribution in [1.82, 2.24) is 9.80 Å². The Morgan fingerprint density at radius 3 is 2.42 bits per heavy atom. The smallest absolute Gasteiger partial charge is 0.236 e. The standard InChI is InChI=1S/C15H30N2O2/c1-13-9-14(2)11-17(10-13)15(19)12-16(3)7-5-4-6-8-18/h13-14,18H,4-12H2,1-3H3. The van der Waals surface area contributed by atoms with E-state index in [1.165, 1.54) is 6.42 Å². The number of rotatable bonds is 7. The van der Waals surface area contributed by atoms with E-state index in [4.69, 9.17) is 5.11 Å². The van der Waals surface area contributed by atoms with Gasteiger partial charge in [0.05, 0.1) is 6.54 Å². The summed E-state index contributed by atoms with van der Waals surface area (Å²) in [6.45, 7) is 8.03. The Morgan fingerprint density at radius 1 is 1.21 bits per heavy atom. The highest BCUT2D eigenvalue weighted by atomic mass is 16.2. The quantitative estimate of drug-likeness (QED) is 0.714. The van der Waals surface area contributed by atoms with Gasteiger partial charge in [0.25, 0.3) is 0 Å². The Morgan fingerprint density at radius 2 is 1.84 bits per heavy atom. The maximum atomic E-state index is 12.2. The molecular formula is C15H30N2O2. The first kappa shape index (κ1) is 16.4. The van der Waals surface area contributed by atoms with Gasteiger partial charge in [-0.3, -0.25) is 9.69 Å². The number of amides is 1. The summed E-state index contributed by atoms with van der Waals surface area (Å²) in [6, 6.07) is 0. The van der Waals surface area contributed by atoms with Crippen molar-refractivity contribution in [2.45, 2.75) is 39.5 Å². The van der Waals surface area contributed by atoms with Crippen LogP contribution in [0.3, 0.4) is 0 Å². The molecule has 0 aliphatic carbocycles. The molecule has 0 bridgehead atoms. The first-order chi connectivity index (χ1) is 9.02. The van der Waals surface area contributed by atoms with Crippen molar-refractivity contribution >= 4 is 5.91 Å². The maximum Gasteiger partial charge on any atom is 0.236 e. The van der Waals surface area contributed by atoms with Crippen LogP contribution in [0, 0.1) is 11.8 Å². The Kier molecular flexibility index (Phi) is 7.39. The van der Waals surface area contributed by atoms with Crippen molar-refractivity contribution in [3.63, 3.8) is 0 Å². The van der Waals surface area contributed by atoms with Crippen LogP contribution in [0.2, 0.25) is 0 Å². The molecule has 4 nitrogen and oxygen atoms in total. The lowest BCUT2D eigenvalue weighted by Crippen LogP contribution is -2.46. The van der Waals surface area contributed by atoms with Crippen LogP contribution >= 0.6 is 0 Å². The summed E-state index contributed by atoms with van der Waals surface area (Å²) in [5.74, 6) is 1.52. The molecule has 0 aromatic rings. The zero-order valence-corrected chi connectivity index (χ0v) is 12.8. The van der Waals surface area contributed by atoms with Gasteiger partial charge in [0.2, 0.25) is 5.91 Å². The van der Waals surface area contributed by atoms with Gasteiger partial charge in [-0.15, -0.1) is 0 Å². The molecule has 1 rings (SSSR count). The van der Waals surface area contributed by atoms with Crippen LogP contribution < -0.4 is 0 Å². The zero-order valence-electron chi connectivity index (χ0n) is 12.8. The third-order valence-electron chi connectivity index (χ3n) is 3.82. The molecule has 112 valence electrons. The largest absolute Gasteiger partial charge is 0.396 e. The van der Waals surface area contributed by atoms with E-state index in [0.29, 0.717) is 18.4 Å². The number of likely N-dealkylation sites (N-methyl/N-ethyl adjacent to an activating group) is 1. The van der Waals surface area contributed by atoms with Crippen molar-refractivity contribution in [2.75, 3.05) is 39.8 Å². The molecular weight excluding hydrogens is 240 g/mol. The highest BCUT2D eigenvalue weighted by molar-refractivity contribution is 5.78. The van der Waals surface area contributed by atoms with Crippen LogP contribution in [0.1, 0.15) is 39.5 Å². The number of likely N-dealkylation sites (tertiary alicyclic amines) is 1. The molecule has 1 heterocycles. The van der Waals surface area contributed by atoms with E-state index in [9.17, 15) is 4.79 Å². The number of piperidine rings is 1. The van der Waals surface area contributed by atoms with Crippen LogP contribution in [-0.4, -0.2) is 60.6 Å². The first-order valence-electron chi connectivity index (χ1n) is 7.60. The second-order valence-electron chi connectivity index (χ2n) is 6.27. The van der Waals surface area contributed by atoms with Crippen LogP contribution in [0.5, 0.6) is 0 Å². The summed E-state index contributed by atoms with van der Waals surface area (Å²) < 4.78 is 0. The summed E-state index contributed by atoms with van der Waals surface area (Å²) in [5.41, 5.74) is 0. The monoisotopic (exact) mass is 270 g/mol. The van der Waals surface area contributed by atoms with Gasteiger partial charge in [0, 0.05) is 19.7 Å². The molecule has 0 saturated carbocycles. The van der Waals surface area contributed by atoms with E-state index in [1.54, 1.807) is 0 Å². The van der Waals surface area contributed by atoms with Gasteiger partial charge in [-0.1, -0.05) is 13.8 Å². The molecule has 1 saturated heterocycles. The molecule has 1 fully saturated rings. The van der Waals surface area contributed by atoms with Crippen molar-refractivity contribution in [3.8, 4) is 0 Å². The Hall–Kier alpha value is -0.610. The number of unbranched alkanes of at least 4 members (excludes halogenated alkanes) is 2. The molecule has 1 aliphatic heterocycles. The summed E-state index contributed by atoms with van der Waals surface area (Å²) in [7, 11) is 2.01. The molecule has 0 radical (unpaired) electrons. The number of carbonyl (C=O) groups excluding carboxylic acids is 1. The molecule has 1 N–H and O–H groups in total. The molecule has 19 heavy (non-hydrogen) atoms. The summed E-state index contributed by atoms with van der Waals surface area (Å²) in [6.07, 6.45) is 4.19. The first-order valence-corrected chi connectivity index (χ1v) is 7.60. The van der Waals surface area contributed by atoms with Gasteiger partial charge in [-0.25, -0.2) is 0 Å². The van der Waals surface area contributed by atoms with Gasteiger partial charge >= 0.3 is 0 Å². The predicted molar refractivity (Wildman–Crippen MR) is 78.0 cm³/mol. The van der Waals surface area contributed by atoms with Crippen molar-refractivity contribution in [1.29, 1.82) is 0 Å². The SMILES string of the molecule is CC1CC(C)CN(C(=O)CN(C)CCCCCO)C1. The summed E-state index contributed by atoms with van der Waals surface area (Å²) in [5, 5.41) is 8.72. The molecule has 1 aliphatic rings. The van der Waals surface area contributed by atoms with Crippen LogP contribution in [-0.2, 0) is 4.79 Å². The average Bonchev–Trinajstić information content (AvgIpc) is 2.33. The fraction of sp³-hybridized carbons (Fsp3) is 0.933. The fourth-order valence-corrected chi connectivity index (χ4v) is 2.95. The van der Waals surface area contributed by atoms with Crippen LogP contribution in [0.25, 0.3) is 0 Å². The molecule has 2 atom stereocenters. The Bertz CT molecular complexity index is 261. The van der Waals surface area contributed by atoms with E-state index in [-0.39, 0.29) is 12.5 Å². The third kappa shape index (κ3) is 6.39. The molecule has 0 aromatic heterocycles. The van der Waals surface area contributed by atoms with Crippen molar-refractivity contribution in [2.24, 2.45) is 11.8 Å². The highest BCUT2D eigenvalue weighted by Crippen LogP contribution is 2.20. The van der Waals surface area contributed by atoms with Gasteiger partial charge in [-0.05, 0) is 51.1 Å². The minimum atomic E-state index is 0.267. The number of hydrogen-bond donors (Lipinski definition) is 1. The number of aliphatic hydroxyl groups is 1. The van der Waals surface area contributed by atoms with Crippen LogP contribution in [0.4, 0.5) is 0 Å². The van der Waals surface area contributed by atoms with E-state index in [2.05, 4.69) is 18.7 Å². The highest BCUT2D eigenvalue weighted by Gasteiger charge is 2.25. The average molecular weight is 270 g/mol. The molecule has 2 unspecified atom stereocenters. The predicted octanol–water partition coefficient (Wildman–Crippen LogP) is 1.59. The topological polar surface area (TPSA) is 43.8 Å². The minimum Gasteiger partial charge on any atom is -0.396 e. The molecule has 1 amide bonds. The second-order valence-corrected chi connectivity index (χ2v) is 6.27. The van der Waals surface area contributed by atoms with Gasteiger partial charge < -0.3 is 10.0 Å². The van der Waals surface area contributed by atoms with E-state index in [1.807, 2.05) is 11.9 Å². The van der Waals surface area contributed by atoms with Gasteiger partial charge in [-0.2, -0.15) is 0 Å². The second kappa shape index (κ2) is 8.54. The zero-order chi connectivity index (χ0) is 14.3. The molecule has 0 aromatic carbocycles. The maximum absolute atomic E-state index is 12.2. The number of nitrogens with zero attached hydrogens (tertiary/aromatic N) is 2. The minimum absolute atomic E-state index is 0.267. The lowest BCUT2D eigenvalue weighted by Gasteiger charge is -2.35. The lowest BCUT2D eigenvalue weighted by molar-refractivity contribution is -0.134.